The van der Waals surface area contributed by atoms with Crippen molar-refractivity contribution < 1.29 is 19.1 Å². The first-order valence-electron chi connectivity index (χ1n) is 6.10. The second-order valence-electron chi connectivity index (χ2n) is 5.91. The predicted octanol–water partition coefficient (Wildman–Crippen LogP) is 2.62. The molecule has 3 atom stereocenters. The number of ether oxygens (including phenoxy) is 2. The first-order chi connectivity index (χ1) is 8.28. The number of fused-ring (bicyclic) bond motifs is 1. The predicted molar refractivity (Wildman–Crippen MR) is 65.5 cm³/mol. The van der Waals surface area contributed by atoms with E-state index in [1.807, 2.05) is 20.8 Å². The standard InChI is InChI=1S/C12H18ClNO4/c1-12(2,3)18-11(16)14-5-7-4-8(7)9(14)6-17-10(13)15/h7-9H,4-6H2,1-3H3/t7-,8-,9+/m1/s1. The highest BCUT2D eigenvalue weighted by molar-refractivity contribution is 6.61. The molecule has 102 valence electrons. The third-order valence-corrected chi connectivity index (χ3v) is 3.41. The van der Waals surface area contributed by atoms with Crippen molar-refractivity contribution in [1.82, 2.24) is 4.90 Å². The number of carbonyl (C=O) groups is 2. The average molecular weight is 276 g/mol. The molecule has 2 fully saturated rings. The van der Waals surface area contributed by atoms with Gasteiger partial charge in [-0.1, -0.05) is 0 Å². The molecule has 0 spiro atoms. The molecule has 0 aromatic rings. The third-order valence-electron chi connectivity index (χ3n) is 3.30. The largest absolute Gasteiger partial charge is 0.451 e. The van der Waals surface area contributed by atoms with E-state index in [2.05, 4.69) is 0 Å². The summed E-state index contributed by atoms with van der Waals surface area (Å²) in [6, 6.07) is -0.0902. The minimum absolute atomic E-state index is 0.0902. The van der Waals surface area contributed by atoms with Crippen LogP contribution in [0.1, 0.15) is 27.2 Å². The molecule has 2 rings (SSSR count). The number of hydrogen-bond donors (Lipinski definition) is 0. The summed E-state index contributed by atoms with van der Waals surface area (Å²) in [4.78, 5) is 24.3. The van der Waals surface area contributed by atoms with Gasteiger partial charge in [0.25, 0.3) is 0 Å². The molecule has 18 heavy (non-hydrogen) atoms. The van der Waals surface area contributed by atoms with Gasteiger partial charge in [-0.3, -0.25) is 0 Å². The van der Waals surface area contributed by atoms with Crippen LogP contribution in [0.2, 0.25) is 0 Å². The fraction of sp³-hybridized carbons (Fsp3) is 0.833. The molecular weight excluding hydrogens is 258 g/mol. The SMILES string of the molecule is CC(C)(C)OC(=O)N1C[C@H]2C[C@H]2[C@@H]1COC(=O)Cl. The Bertz CT molecular complexity index is 366. The molecule has 0 aromatic heterocycles. The van der Waals surface area contributed by atoms with Gasteiger partial charge in [0.05, 0.1) is 6.04 Å². The van der Waals surface area contributed by atoms with E-state index in [4.69, 9.17) is 21.1 Å². The Hall–Kier alpha value is -0.970. The van der Waals surface area contributed by atoms with Gasteiger partial charge in [-0.2, -0.15) is 0 Å². The Balaban J connectivity index is 1.94. The van der Waals surface area contributed by atoms with Crippen molar-refractivity contribution in [1.29, 1.82) is 0 Å². The van der Waals surface area contributed by atoms with Gasteiger partial charge < -0.3 is 14.4 Å². The highest BCUT2D eigenvalue weighted by Crippen LogP contribution is 2.49. The lowest BCUT2D eigenvalue weighted by Crippen LogP contribution is -2.44. The van der Waals surface area contributed by atoms with Crippen LogP contribution >= 0.6 is 11.6 Å². The Morgan fingerprint density at radius 3 is 2.61 bits per heavy atom. The summed E-state index contributed by atoms with van der Waals surface area (Å²) >= 11 is 5.16. The first kappa shape index (κ1) is 13.5. The fourth-order valence-corrected chi connectivity index (χ4v) is 2.53. The van der Waals surface area contributed by atoms with Crippen molar-refractivity contribution in [3.8, 4) is 0 Å². The quantitative estimate of drug-likeness (QED) is 0.727. The maximum Gasteiger partial charge on any atom is 0.410 e. The minimum Gasteiger partial charge on any atom is -0.451 e. The maximum absolute atomic E-state index is 12.0. The zero-order valence-electron chi connectivity index (χ0n) is 10.8. The Labute approximate surface area is 111 Å². The normalized spacial score (nSPS) is 29.8. The molecule has 0 N–H and O–H groups in total. The average Bonchev–Trinajstić information content (AvgIpc) is 2.86. The summed E-state index contributed by atoms with van der Waals surface area (Å²) in [6.45, 7) is 6.33. The third kappa shape index (κ3) is 3.07. The van der Waals surface area contributed by atoms with Crippen molar-refractivity contribution >= 4 is 23.1 Å². The molecule has 6 heteroatoms. The number of carbonyl (C=O) groups excluding carboxylic acids is 2. The zero-order valence-corrected chi connectivity index (χ0v) is 11.6. The van der Waals surface area contributed by atoms with E-state index in [0.29, 0.717) is 18.4 Å². The molecule has 1 saturated carbocycles. The van der Waals surface area contributed by atoms with Crippen LogP contribution in [0.25, 0.3) is 0 Å². The van der Waals surface area contributed by atoms with E-state index < -0.39 is 11.0 Å². The minimum atomic E-state index is -0.830. The fourth-order valence-electron chi connectivity index (χ4n) is 2.47. The second kappa shape index (κ2) is 4.61. The Kier molecular flexibility index (Phi) is 3.45. The molecule has 0 bridgehead atoms. The molecule has 0 radical (unpaired) electrons. The summed E-state index contributed by atoms with van der Waals surface area (Å²) < 4.78 is 10.2. The van der Waals surface area contributed by atoms with Gasteiger partial charge >= 0.3 is 11.5 Å². The molecule has 0 aromatic carbocycles. The van der Waals surface area contributed by atoms with Crippen LogP contribution in [-0.4, -0.2) is 41.2 Å². The number of amides is 1. The van der Waals surface area contributed by atoms with Crippen molar-refractivity contribution in [3.63, 3.8) is 0 Å². The number of piperidine rings is 1. The lowest BCUT2D eigenvalue weighted by Gasteiger charge is -2.30. The van der Waals surface area contributed by atoms with Crippen molar-refractivity contribution in [2.45, 2.75) is 38.8 Å². The topological polar surface area (TPSA) is 55.8 Å². The number of halogens is 1. The molecule has 1 saturated heterocycles. The molecule has 1 aliphatic heterocycles. The van der Waals surface area contributed by atoms with Gasteiger partial charge in [-0.05, 0) is 39.0 Å². The Morgan fingerprint density at radius 1 is 1.39 bits per heavy atom. The van der Waals surface area contributed by atoms with E-state index in [1.165, 1.54) is 0 Å². The van der Waals surface area contributed by atoms with Crippen LogP contribution in [0.4, 0.5) is 9.59 Å². The van der Waals surface area contributed by atoms with Crippen molar-refractivity contribution in [2.24, 2.45) is 11.8 Å². The monoisotopic (exact) mass is 275 g/mol. The smallest absolute Gasteiger partial charge is 0.410 e. The van der Waals surface area contributed by atoms with Gasteiger partial charge in [-0.15, -0.1) is 0 Å². The summed E-state index contributed by atoms with van der Waals surface area (Å²) in [5.74, 6) is 0.949. The van der Waals surface area contributed by atoms with Crippen LogP contribution in [0, 0.1) is 11.8 Å². The summed E-state index contributed by atoms with van der Waals surface area (Å²) in [7, 11) is 0. The van der Waals surface area contributed by atoms with Crippen molar-refractivity contribution in [3.05, 3.63) is 0 Å². The number of hydrogen-bond acceptors (Lipinski definition) is 4. The number of rotatable bonds is 2. The first-order valence-corrected chi connectivity index (χ1v) is 6.47. The maximum atomic E-state index is 12.0. The van der Waals surface area contributed by atoms with Gasteiger partial charge in [-0.25, -0.2) is 9.59 Å². The van der Waals surface area contributed by atoms with E-state index in [9.17, 15) is 9.59 Å². The zero-order chi connectivity index (χ0) is 13.5. The molecular formula is C12H18ClNO4. The summed E-state index contributed by atoms with van der Waals surface area (Å²) in [6.07, 6.45) is 0.745. The second-order valence-corrected chi connectivity index (χ2v) is 6.22. The molecule has 0 unspecified atom stereocenters. The lowest BCUT2D eigenvalue weighted by molar-refractivity contribution is 0.0126. The number of nitrogens with zero attached hydrogens (tertiary/aromatic N) is 1. The number of likely N-dealkylation sites (tertiary alicyclic amines) is 1. The van der Waals surface area contributed by atoms with Crippen LogP contribution < -0.4 is 0 Å². The highest BCUT2D eigenvalue weighted by atomic mass is 35.5. The molecule has 1 heterocycles. The highest BCUT2D eigenvalue weighted by Gasteiger charge is 2.55. The summed E-state index contributed by atoms with van der Waals surface area (Å²) in [5.41, 5.74) is -1.35. The molecule has 1 aliphatic carbocycles. The van der Waals surface area contributed by atoms with Crippen LogP contribution in [0.15, 0.2) is 0 Å². The molecule has 2 aliphatic rings. The van der Waals surface area contributed by atoms with Crippen LogP contribution in [-0.2, 0) is 9.47 Å². The molecule has 5 nitrogen and oxygen atoms in total. The van der Waals surface area contributed by atoms with Crippen LogP contribution in [0.5, 0.6) is 0 Å². The van der Waals surface area contributed by atoms with E-state index in [0.717, 1.165) is 6.42 Å². The van der Waals surface area contributed by atoms with Gasteiger partial charge in [0, 0.05) is 18.1 Å². The van der Waals surface area contributed by atoms with Crippen molar-refractivity contribution in [2.75, 3.05) is 13.2 Å². The summed E-state index contributed by atoms with van der Waals surface area (Å²) in [5, 5.41) is 0. The van der Waals surface area contributed by atoms with E-state index in [1.54, 1.807) is 4.90 Å². The van der Waals surface area contributed by atoms with E-state index in [-0.39, 0.29) is 18.7 Å². The van der Waals surface area contributed by atoms with Gasteiger partial charge in [0.1, 0.15) is 12.2 Å². The molecule has 1 amide bonds. The van der Waals surface area contributed by atoms with Gasteiger partial charge in [0.15, 0.2) is 0 Å². The van der Waals surface area contributed by atoms with E-state index >= 15 is 0 Å². The Morgan fingerprint density at radius 2 is 2.06 bits per heavy atom. The van der Waals surface area contributed by atoms with Gasteiger partial charge in [0.2, 0.25) is 0 Å². The van der Waals surface area contributed by atoms with Crippen LogP contribution in [0.3, 0.4) is 0 Å². The lowest BCUT2D eigenvalue weighted by atomic mass is 10.2.